The molecule has 1 aromatic carbocycles. The number of rotatable bonds is 9. The molecular weight excluding hydrogens is 290 g/mol. The largest absolute Gasteiger partial charge is 0.391 e. The monoisotopic (exact) mass is 311 g/mol. The number of nitrogens with zero attached hydrogens (tertiary/aromatic N) is 2. The fourth-order valence-corrected chi connectivity index (χ4v) is 1.92. The van der Waals surface area contributed by atoms with Gasteiger partial charge in [0.15, 0.2) is 0 Å². The normalized spacial score (nSPS) is 11.0. The second-order valence-corrected chi connectivity index (χ2v) is 4.82. The van der Waals surface area contributed by atoms with E-state index < -0.39 is 0 Å². The van der Waals surface area contributed by atoms with Gasteiger partial charge in [-0.2, -0.15) is 0 Å². The first-order valence-corrected chi connectivity index (χ1v) is 7.44. The second kappa shape index (κ2) is 10.2. The van der Waals surface area contributed by atoms with Crippen molar-refractivity contribution in [3.8, 4) is 0 Å². The molecule has 1 aromatic rings. The van der Waals surface area contributed by atoms with E-state index in [0.717, 1.165) is 31.4 Å². The van der Waals surface area contributed by atoms with Crippen LogP contribution in [0.15, 0.2) is 29.4 Å². The van der Waals surface area contributed by atoms with Gasteiger partial charge >= 0.3 is 0 Å². The zero-order valence-electron chi connectivity index (χ0n) is 12.5. The highest BCUT2D eigenvalue weighted by atomic mass is 35.5. The van der Waals surface area contributed by atoms with Gasteiger partial charge in [0.1, 0.15) is 12.8 Å². The Morgan fingerprint density at radius 2 is 2.10 bits per heavy atom. The maximum Gasteiger partial charge on any atom is 0.265 e. The molecule has 116 valence electrons. The van der Waals surface area contributed by atoms with Crippen LogP contribution in [0, 0.1) is 0 Å². The molecule has 0 aliphatic rings. The third-order valence-electron chi connectivity index (χ3n) is 3.04. The highest BCUT2D eigenvalue weighted by Crippen LogP contribution is 2.15. The molecule has 0 radical (unpaired) electrons. The summed E-state index contributed by atoms with van der Waals surface area (Å²) in [5, 5.41) is 7.01. The van der Waals surface area contributed by atoms with E-state index in [-0.39, 0.29) is 12.5 Å². The van der Waals surface area contributed by atoms with E-state index in [9.17, 15) is 4.79 Å². The zero-order valence-corrected chi connectivity index (χ0v) is 13.3. The van der Waals surface area contributed by atoms with Crippen LogP contribution in [0.2, 0.25) is 5.02 Å². The van der Waals surface area contributed by atoms with Gasteiger partial charge in [-0.3, -0.25) is 4.79 Å². The number of benzene rings is 1. The van der Waals surface area contributed by atoms with Gasteiger partial charge < -0.3 is 15.1 Å². The number of hydrogen-bond donors (Lipinski definition) is 1. The average molecular weight is 312 g/mol. The van der Waals surface area contributed by atoms with Crippen LogP contribution >= 0.6 is 11.6 Å². The summed E-state index contributed by atoms with van der Waals surface area (Å²) in [7, 11) is 0. The van der Waals surface area contributed by atoms with Crippen molar-refractivity contribution in [3.63, 3.8) is 0 Å². The molecule has 1 amide bonds. The average Bonchev–Trinajstić information content (AvgIpc) is 2.50. The Kier molecular flexibility index (Phi) is 8.47. The second-order valence-electron chi connectivity index (χ2n) is 4.42. The molecule has 0 bridgehead atoms. The molecule has 0 saturated carbocycles. The summed E-state index contributed by atoms with van der Waals surface area (Å²) in [5.41, 5.74) is 0.832. The fourth-order valence-electron chi connectivity index (χ4n) is 1.73. The van der Waals surface area contributed by atoms with Gasteiger partial charge in [-0.1, -0.05) is 48.8 Å². The van der Waals surface area contributed by atoms with Gasteiger partial charge in [0.25, 0.3) is 5.91 Å². The van der Waals surface area contributed by atoms with E-state index in [1.54, 1.807) is 6.07 Å². The van der Waals surface area contributed by atoms with E-state index in [1.165, 1.54) is 0 Å². The molecule has 0 heterocycles. The number of likely N-dealkylation sites (N-methyl/N-ethyl adjacent to an activating group) is 1. The standard InChI is InChI=1S/C15H22ClN3O2/c1-3-19(4-2)10-9-17-15(20)11-18-21-12-13-7-5-6-8-14(13)16/h5-8,11H,3-4,9-10,12H2,1-2H3,(H,17,20)/b18-11+. The van der Waals surface area contributed by atoms with Gasteiger partial charge in [0.2, 0.25) is 0 Å². The fraction of sp³-hybridized carbons (Fsp3) is 0.467. The van der Waals surface area contributed by atoms with Crippen LogP contribution in [-0.2, 0) is 16.2 Å². The molecule has 0 fully saturated rings. The van der Waals surface area contributed by atoms with Crippen molar-refractivity contribution in [1.82, 2.24) is 10.2 Å². The van der Waals surface area contributed by atoms with E-state index in [0.29, 0.717) is 11.6 Å². The lowest BCUT2D eigenvalue weighted by molar-refractivity contribution is -0.114. The van der Waals surface area contributed by atoms with Gasteiger partial charge in [0.05, 0.1) is 0 Å². The number of nitrogens with one attached hydrogen (secondary N) is 1. The first-order chi connectivity index (χ1) is 10.2. The number of amides is 1. The van der Waals surface area contributed by atoms with Crippen LogP contribution in [-0.4, -0.2) is 43.2 Å². The Labute approximate surface area is 130 Å². The Morgan fingerprint density at radius 3 is 2.76 bits per heavy atom. The van der Waals surface area contributed by atoms with Crippen LogP contribution < -0.4 is 5.32 Å². The maximum atomic E-state index is 11.5. The Hall–Kier alpha value is -1.59. The summed E-state index contributed by atoms with van der Waals surface area (Å²) in [6.45, 7) is 7.79. The minimum absolute atomic E-state index is 0.239. The van der Waals surface area contributed by atoms with E-state index >= 15 is 0 Å². The highest BCUT2D eigenvalue weighted by Gasteiger charge is 2.01. The summed E-state index contributed by atoms with van der Waals surface area (Å²) in [5.74, 6) is -0.263. The van der Waals surface area contributed by atoms with E-state index in [1.807, 2.05) is 18.2 Å². The summed E-state index contributed by atoms with van der Waals surface area (Å²) in [6.07, 6.45) is 1.14. The van der Waals surface area contributed by atoms with Crippen molar-refractivity contribution in [2.24, 2.45) is 5.16 Å². The van der Waals surface area contributed by atoms with Crippen LogP contribution in [0.3, 0.4) is 0 Å². The molecule has 5 nitrogen and oxygen atoms in total. The molecule has 0 aliphatic carbocycles. The Bertz CT molecular complexity index is 462. The molecule has 6 heteroatoms. The van der Waals surface area contributed by atoms with Crippen LogP contribution in [0.5, 0.6) is 0 Å². The van der Waals surface area contributed by atoms with E-state index in [2.05, 4.69) is 29.2 Å². The van der Waals surface area contributed by atoms with Crippen molar-refractivity contribution in [3.05, 3.63) is 34.9 Å². The first kappa shape index (κ1) is 17.5. The lowest BCUT2D eigenvalue weighted by Crippen LogP contribution is -2.35. The van der Waals surface area contributed by atoms with Crippen molar-refractivity contribution in [1.29, 1.82) is 0 Å². The summed E-state index contributed by atoms with van der Waals surface area (Å²) < 4.78 is 0. The van der Waals surface area contributed by atoms with Crippen molar-refractivity contribution in [2.45, 2.75) is 20.5 Å². The summed E-state index contributed by atoms with van der Waals surface area (Å²) in [6, 6.07) is 7.35. The quantitative estimate of drug-likeness (QED) is 0.562. The molecule has 1 rings (SSSR count). The minimum atomic E-state index is -0.263. The SMILES string of the molecule is CCN(CC)CCNC(=O)/C=N/OCc1ccccc1Cl. The van der Waals surface area contributed by atoms with Crippen molar-refractivity contribution in [2.75, 3.05) is 26.2 Å². The molecule has 0 aromatic heterocycles. The Balaban J connectivity index is 2.21. The molecule has 0 spiro atoms. The molecule has 0 unspecified atom stereocenters. The molecule has 0 saturated heterocycles. The lowest BCUT2D eigenvalue weighted by atomic mass is 10.2. The van der Waals surface area contributed by atoms with Crippen LogP contribution in [0.1, 0.15) is 19.4 Å². The number of carbonyl (C=O) groups excluding carboxylic acids is 1. The predicted molar refractivity (Wildman–Crippen MR) is 85.5 cm³/mol. The van der Waals surface area contributed by atoms with Crippen LogP contribution in [0.4, 0.5) is 0 Å². The molecule has 1 N–H and O–H groups in total. The summed E-state index contributed by atoms with van der Waals surface area (Å²) in [4.78, 5) is 18.8. The molecule has 21 heavy (non-hydrogen) atoms. The lowest BCUT2D eigenvalue weighted by Gasteiger charge is -2.17. The number of oxime groups is 1. The number of halogens is 1. The van der Waals surface area contributed by atoms with Gasteiger partial charge in [0, 0.05) is 23.7 Å². The Morgan fingerprint density at radius 1 is 1.38 bits per heavy atom. The predicted octanol–water partition coefficient (Wildman–Crippen LogP) is 2.30. The molecular formula is C15H22ClN3O2. The number of hydrogen-bond acceptors (Lipinski definition) is 4. The molecule has 0 atom stereocenters. The van der Waals surface area contributed by atoms with E-state index in [4.69, 9.17) is 16.4 Å². The van der Waals surface area contributed by atoms with Gasteiger partial charge in [-0.25, -0.2) is 0 Å². The maximum absolute atomic E-state index is 11.5. The summed E-state index contributed by atoms with van der Waals surface area (Å²) >= 11 is 5.98. The van der Waals surface area contributed by atoms with Crippen LogP contribution in [0.25, 0.3) is 0 Å². The minimum Gasteiger partial charge on any atom is -0.391 e. The highest BCUT2D eigenvalue weighted by molar-refractivity contribution is 6.31. The number of carbonyl (C=O) groups is 1. The third-order valence-corrected chi connectivity index (χ3v) is 3.41. The van der Waals surface area contributed by atoms with Crippen molar-refractivity contribution >= 4 is 23.7 Å². The van der Waals surface area contributed by atoms with Crippen molar-refractivity contribution < 1.29 is 9.63 Å². The van der Waals surface area contributed by atoms with Gasteiger partial charge in [-0.15, -0.1) is 0 Å². The topological polar surface area (TPSA) is 53.9 Å². The zero-order chi connectivity index (χ0) is 15.5. The smallest absolute Gasteiger partial charge is 0.265 e. The first-order valence-electron chi connectivity index (χ1n) is 7.06. The third kappa shape index (κ3) is 7.11. The molecule has 0 aliphatic heterocycles. The van der Waals surface area contributed by atoms with Gasteiger partial charge in [-0.05, 0) is 19.2 Å².